The van der Waals surface area contributed by atoms with Gasteiger partial charge in [0, 0.05) is 97.5 Å². The number of nitrogens with zero attached hydrogens (tertiary/aromatic N) is 8. The van der Waals surface area contributed by atoms with Crippen LogP contribution in [0, 0.1) is 59.2 Å². The van der Waals surface area contributed by atoms with E-state index in [1.54, 1.807) is 0 Å². The van der Waals surface area contributed by atoms with Gasteiger partial charge in [0.25, 0.3) is 0 Å². The van der Waals surface area contributed by atoms with Crippen LogP contribution in [-0.4, -0.2) is 189 Å². The van der Waals surface area contributed by atoms with E-state index in [1.165, 1.54) is 12.1 Å². The molecule has 476 valence electrons. The first-order valence-corrected chi connectivity index (χ1v) is 34.1. The number of likely N-dealkylation sites (tertiary alicyclic amines) is 3. The van der Waals surface area contributed by atoms with E-state index in [0.717, 1.165) is 103 Å². The molecule has 6 fully saturated rings. The van der Waals surface area contributed by atoms with Crippen LogP contribution in [0.25, 0.3) is 0 Å². The molecule has 17 nitrogen and oxygen atoms in total. The zero-order valence-electron chi connectivity index (χ0n) is 54.6. The third kappa shape index (κ3) is 18.5. The van der Waals surface area contributed by atoms with Crippen molar-refractivity contribution in [1.29, 1.82) is 0 Å². The van der Waals surface area contributed by atoms with Gasteiger partial charge in [-0.1, -0.05) is 102 Å². The van der Waals surface area contributed by atoms with Crippen molar-refractivity contribution in [2.75, 3.05) is 78.5 Å². The maximum atomic E-state index is 15.1. The molecule has 7 rings (SSSR count). The monoisotopic (exact) mass is 1170 g/mol. The van der Waals surface area contributed by atoms with E-state index in [9.17, 15) is 19.2 Å². The molecule has 1 aromatic rings. The molecule has 1 aromatic heterocycles. The summed E-state index contributed by atoms with van der Waals surface area (Å²) in [5.41, 5.74) is 1.22. The van der Waals surface area contributed by atoms with Crippen LogP contribution in [0.4, 0.5) is 0 Å². The van der Waals surface area contributed by atoms with E-state index in [4.69, 9.17) is 0 Å². The summed E-state index contributed by atoms with van der Waals surface area (Å²) >= 11 is 0. The van der Waals surface area contributed by atoms with Crippen molar-refractivity contribution in [1.82, 2.24) is 55.1 Å². The summed E-state index contributed by atoms with van der Waals surface area (Å²) in [4.78, 5) is 99.8. The molecule has 3 N–H and O–H groups in total. The standard InChI is InChI=1S/C67H117N11O6/c1-13-14-52-18-28-73(29-19-52)67(84)61(78-36-25-68-56(62(78)79)38-46(4)5)43-51(11)50(10)42-58-64(81)77(35-27-70-58)60(66(83)75-30-20-53(21-31-75)37-45(2)3)41-49(9)16-15-48(8)40-57-63(80)76(34-26-69-57)59(39-47(6)7)65(82)74-32-22-54(23-33-74)44-55-17-24-71-72(55)12/h17,24,45-54,56-61,68-70H,13-16,18-23,25-44H2,1-12H3/t48?,49?,50?,51?,56-,57-,58-,59-,60-,61-/m0/s1. The minimum absolute atomic E-state index is 0.0174. The first-order chi connectivity index (χ1) is 40.1. The zero-order valence-corrected chi connectivity index (χ0v) is 54.6. The van der Waals surface area contributed by atoms with Gasteiger partial charge in [-0.2, -0.15) is 5.10 Å². The Morgan fingerprint density at radius 2 is 0.929 bits per heavy atom. The lowest BCUT2D eigenvalue weighted by atomic mass is 9.83. The number of piperazine rings is 3. The van der Waals surface area contributed by atoms with Crippen molar-refractivity contribution in [3.8, 4) is 0 Å². The number of nitrogens with one attached hydrogen (secondary N) is 3. The highest BCUT2D eigenvalue weighted by Gasteiger charge is 2.44. The van der Waals surface area contributed by atoms with Crippen molar-refractivity contribution in [3.63, 3.8) is 0 Å². The number of aryl methyl sites for hydroxylation is 1. The fraction of sp³-hybridized carbons (Fsp3) is 0.866. The summed E-state index contributed by atoms with van der Waals surface area (Å²) in [6, 6.07) is -0.635. The minimum Gasteiger partial charge on any atom is -0.341 e. The average molecular weight is 1170 g/mol. The first-order valence-electron chi connectivity index (χ1n) is 34.1. The van der Waals surface area contributed by atoms with Crippen LogP contribution in [0.3, 0.4) is 0 Å². The highest BCUT2D eigenvalue weighted by molar-refractivity contribution is 5.92. The van der Waals surface area contributed by atoms with Crippen molar-refractivity contribution < 1.29 is 28.8 Å². The molecule has 0 aliphatic carbocycles. The minimum atomic E-state index is -0.569. The van der Waals surface area contributed by atoms with Crippen molar-refractivity contribution >= 4 is 35.4 Å². The Bertz CT molecular complexity index is 2250. The third-order valence-corrected chi connectivity index (χ3v) is 20.6. The summed E-state index contributed by atoms with van der Waals surface area (Å²) in [6.07, 6.45) is 17.7. The molecule has 17 heteroatoms. The Hall–Kier alpha value is -4.09. The predicted octanol–water partition coefficient (Wildman–Crippen LogP) is 8.01. The number of aromatic nitrogens is 2. The van der Waals surface area contributed by atoms with Gasteiger partial charge in [-0.15, -0.1) is 0 Å². The van der Waals surface area contributed by atoms with Crippen molar-refractivity contribution in [3.05, 3.63) is 18.0 Å². The van der Waals surface area contributed by atoms with E-state index in [1.807, 2.05) is 47.3 Å². The van der Waals surface area contributed by atoms with Crippen LogP contribution in [0.15, 0.2) is 12.3 Å². The second kappa shape index (κ2) is 32.2. The summed E-state index contributed by atoms with van der Waals surface area (Å²) in [7, 11) is 1.99. The van der Waals surface area contributed by atoms with Gasteiger partial charge in [-0.3, -0.25) is 33.4 Å². The lowest BCUT2D eigenvalue weighted by molar-refractivity contribution is -0.151. The van der Waals surface area contributed by atoms with Crippen molar-refractivity contribution in [2.24, 2.45) is 66.2 Å². The summed E-state index contributed by atoms with van der Waals surface area (Å²) in [6.45, 7) is 31.9. The molecular weight excluding hydrogens is 1050 g/mol. The largest absolute Gasteiger partial charge is 0.341 e. The van der Waals surface area contributed by atoms with Gasteiger partial charge in [0.2, 0.25) is 35.4 Å². The molecule has 0 spiro atoms. The Labute approximate surface area is 508 Å². The molecule has 84 heavy (non-hydrogen) atoms. The number of rotatable bonds is 28. The molecule has 7 heterocycles. The lowest BCUT2D eigenvalue weighted by Gasteiger charge is -2.44. The van der Waals surface area contributed by atoms with E-state index < -0.39 is 24.2 Å². The molecule has 6 aliphatic rings. The van der Waals surface area contributed by atoms with Crippen LogP contribution >= 0.6 is 0 Å². The highest BCUT2D eigenvalue weighted by atomic mass is 16.2. The second-order valence-corrected chi connectivity index (χ2v) is 29.0. The van der Waals surface area contributed by atoms with Gasteiger partial charge in [-0.05, 0) is 155 Å². The number of piperidine rings is 3. The predicted molar refractivity (Wildman–Crippen MR) is 334 cm³/mol. The molecule has 10 atom stereocenters. The van der Waals surface area contributed by atoms with Gasteiger partial charge < -0.3 is 45.3 Å². The number of carbonyl (C=O) groups excluding carboxylic acids is 6. The van der Waals surface area contributed by atoms with E-state index in [2.05, 4.69) is 103 Å². The Morgan fingerprint density at radius 3 is 1.38 bits per heavy atom. The highest BCUT2D eigenvalue weighted by Crippen LogP contribution is 2.33. The molecular formula is C67H117N11O6. The molecule has 0 radical (unpaired) electrons. The Morgan fingerprint density at radius 1 is 0.500 bits per heavy atom. The molecule has 6 aliphatic heterocycles. The SMILES string of the molecule is CCCC1CCN(C(=O)[C@H](CC(C)C(C)C[C@@H]2NCCN([C@@H](CC(C)CCC(C)C[C@@H]3NCCN([C@@H](CC(C)C)C(=O)N4CCC(Cc5ccnn5C)CC4)C3=O)C(=O)N3CCC(CC(C)C)CC3)C2=O)N2CCN[C@@H](CC(C)C)C2=O)CC1. The lowest BCUT2D eigenvalue weighted by Crippen LogP contribution is -2.63. The number of amides is 6. The number of hydrogen-bond donors (Lipinski definition) is 3. The maximum Gasteiger partial charge on any atom is 0.245 e. The molecule has 0 aromatic carbocycles. The van der Waals surface area contributed by atoms with Gasteiger partial charge in [0.1, 0.15) is 18.1 Å². The summed E-state index contributed by atoms with van der Waals surface area (Å²) < 4.78 is 1.94. The smallest absolute Gasteiger partial charge is 0.245 e. The second-order valence-electron chi connectivity index (χ2n) is 29.0. The summed E-state index contributed by atoms with van der Waals surface area (Å²) in [5.74, 6) is 3.69. The summed E-state index contributed by atoms with van der Waals surface area (Å²) in [5, 5.41) is 14.9. The quantitative estimate of drug-likeness (QED) is 0.0746. The van der Waals surface area contributed by atoms with E-state index in [0.29, 0.717) is 114 Å². The van der Waals surface area contributed by atoms with Crippen LogP contribution < -0.4 is 16.0 Å². The molecule has 6 saturated heterocycles. The normalized spacial score (nSPS) is 24.8. The van der Waals surface area contributed by atoms with Gasteiger partial charge in [0.15, 0.2) is 0 Å². The average Bonchev–Trinajstić information content (AvgIpc) is 3.84. The van der Waals surface area contributed by atoms with Crippen LogP contribution in [-0.2, 0) is 42.2 Å². The fourth-order valence-electron chi connectivity index (χ4n) is 15.3. The van der Waals surface area contributed by atoms with Gasteiger partial charge in [0.05, 0.1) is 18.1 Å². The molecule has 0 bridgehead atoms. The number of hydrogen-bond acceptors (Lipinski definition) is 10. The zero-order chi connectivity index (χ0) is 60.8. The Kier molecular flexibility index (Phi) is 25.9. The van der Waals surface area contributed by atoms with E-state index >= 15 is 9.59 Å². The first kappa shape index (κ1) is 67.4. The maximum absolute atomic E-state index is 15.1. The van der Waals surface area contributed by atoms with Gasteiger partial charge >= 0.3 is 0 Å². The molecule has 6 amide bonds. The fourth-order valence-corrected chi connectivity index (χ4v) is 15.3. The third-order valence-electron chi connectivity index (χ3n) is 20.6. The Balaban J connectivity index is 0.981. The molecule has 4 unspecified atom stereocenters. The molecule has 0 saturated carbocycles. The van der Waals surface area contributed by atoms with Crippen LogP contribution in [0.5, 0.6) is 0 Å². The van der Waals surface area contributed by atoms with E-state index in [-0.39, 0.29) is 77.1 Å². The van der Waals surface area contributed by atoms with Crippen LogP contribution in [0.2, 0.25) is 0 Å². The number of carbonyl (C=O) groups is 6. The van der Waals surface area contributed by atoms with Crippen LogP contribution in [0.1, 0.15) is 191 Å². The van der Waals surface area contributed by atoms with Crippen molar-refractivity contribution in [2.45, 2.75) is 228 Å². The topological polar surface area (TPSA) is 176 Å². The van der Waals surface area contributed by atoms with Gasteiger partial charge in [-0.25, -0.2) is 0 Å².